The maximum atomic E-state index is 12.1. The molecule has 1 heterocycles. The molecule has 0 aromatic heterocycles. The first-order chi connectivity index (χ1) is 9.54. The molecule has 3 heteroatoms. The first-order valence-electron chi connectivity index (χ1n) is 6.63. The minimum atomic E-state index is -0.131. The molecule has 0 radical (unpaired) electrons. The number of nitrogens with one attached hydrogen (secondary N) is 1. The summed E-state index contributed by atoms with van der Waals surface area (Å²) in [6.07, 6.45) is 0. The minimum absolute atomic E-state index is 0.131. The van der Waals surface area contributed by atoms with E-state index in [1.54, 1.807) is 0 Å². The first kappa shape index (κ1) is 12.6. The fourth-order valence-corrected chi connectivity index (χ4v) is 2.58. The van der Waals surface area contributed by atoms with Crippen LogP contribution in [-0.2, 0) is 4.79 Å². The summed E-state index contributed by atoms with van der Waals surface area (Å²) in [4.78, 5) is 16.7. The molecule has 1 amide bonds. The second kappa shape index (κ2) is 4.60. The van der Waals surface area contributed by atoms with Crippen LogP contribution in [0.4, 0.5) is 11.4 Å². The van der Waals surface area contributed by atoms with Gasteiger partial charge in [-0.15, -0.1) is 0 Å². The Bertz CT molecular complexity index is 724. The van der Waals surface area contributed by atoms with Gasteiger partial charge in [0.25, 0.3) is 5.91 Å². The third-order valence-corrected chi connectivity index (χ3v) is 3.43. The van der Waals surface area contributed by atoms with E-state index in [0.717, 1.165) is 33.6 Å². The van der Waals surface area contributed by atoms with Gasteiger partial charge in [-0.05, 0) is 49.6 Å². The summed E-state index contributed by atoms with van der Waals surface area (Å²) in [5.41, 5.74) is 6.42. The van der Waals surface area contributed by atoms with Crippen LogP contribution in [0.2, 0.25) is 0 Å². The molecule has 0 saturated carbocycles. The second-order valence-electron chi connectivity index (χ2n) is 5.26. The number of aliphatic imine (C=N–C) groups is 1. The molecule has 0 bridgehead atoms. The van der Waals surface area contributed by atoms with Crippen molar-refractivity contribution in [2.75, 3.05) is 5.32 Å². The van der Waals surface area contributed by atoms with Crippen LogP contribution in [0.5, 0.6) is 0 Å². The monoisotopic (exact) mass is 264 g/mol. The number of anilines is 1. The number of aryl methyl sites for hydroxylation is 3. The lowest BCUT2D eigenvalue weighted by Crippen LogP contribution is -2.14. The molecule has 0 saturated heterocycles. The number of rotatable bonds is 1. The Morgan fingerprint density at radius 1 is 1.00 bits per heavy atom. The Kier molecular flexibility index (Phi) is 2.90. The molecular weight excluding hydrogens is 248 g/mol. The van der Waals surface area contributed by atoms with E-state index in [1.165, 1.54) is 0 Å². The standard InChI is InChI=1S/C17H16N2O/c1-10-7-11(2)9-13(8-10)18-16-14-6-4-5-12(3)15(14)19-17(16)20/h4-9H,1-3H3,(H,18,19,20). The van der Waals surface area contributed by atoms with Crippen molar-refractivity contribution >= 4 is 23.0 Å². The normalized spacial score (nSPS) is 15.3. The van der Waals surface area contributed by atoms with Gasteiger partial charge in [-0.3, -0.25) is 4.79 Å². The summed E-state index contributed by atoms with van der Waals surface area (Å²) >= 11 is 0. The number of para-hydroxylation sites is 1. The van der Waals surface area contributed by atoms with E-state index >= 15 is 0 Å². The van der Waals surface area contributed by atoms with E-state index in [-0.39, 0.29) is 5.91 Å². The van der Waals surface area contributed by atoms with Gasteiger partial charge in [0.05, 0.1) is 11.4 Å². The lowest BCUT2D eigenvalue weighted by Gasteiger charge is -2.02. The summed E-state index contributed by atoms with van der Waals surface area (Å²) < 4.78 is 0. The van der Waals surface area contributed by atoms with Crippen LogP contribution >= 0.6 is 0 Å². The van der Waals surface area contributed by atoms with Crippen molar-refractivity contribution in [2.45, 2.75) is 20.8 Å². The SMILES string of the molecule is Cc1cc(C)cc(N=C2C(=O)Nc3c(C)cccc32)c1. The molecule has 0 fully saturated rings. The molecule has 0 spiro atoms. The maximum Gasteiger partial charge on any atom is 0.275 e. The van der Waals surface area contributed by atoms with E-state index in [1.807, 2.05) is 51.1 Å². The van der Waals surface area contributed by atoms with Crippen molar-refractivity contribution in [1.82, 2.24) is 0 Å². The van der Waals surface area contributed by atoms with Crippen LogP contribution in [0.3, 0.4) is 0 Å². The topological polar surface area (TPSA) is 41.5 Å². The molecule has 1 aliphatic heterocycles. The second-order valence-corrected chi connectivity index (χ2v) is 5.26. The van der Waals surface area contributed by atoms with Crippen molar-refractivity contribution < 1.29 is 4.79 Å². The fourth-order valence-electron chi connectivity index (χ4n) is 2.58. The van der Waals surface area contributed by atoms with Gasteiger partial charge >= 0.3 is 0 Å². The minimum Gasteiger partial charge on any atom is -0.320 e. The molecule has 0 unspecified atom stereocenters. The molecule has 100 valence electrons. The molecular formula is C17H16N2O. The van der Waals surface area contributed by atoms with Crippen LogP contribution in [0.25, 0.3) is 0 Å². The molecule has 3 nitrogen and oxygen atoms in total. The van der Waals surface area contributed by atoms with Gasteiger partial charge in [-0.1, -0.05) is 24.3 Å². The Labute approximate surface area is 118 Å². The van der Waals surface area contributed by atoms with Crippen molar-refractivity contribution in [3.05, 3.63) is 58.7 Å². The summed E-state index contributed by atoms with van der Waals surface area (Å²) in [6, 6.07) is 11.9. The highest BCUT2D eigenvalue weighted by Crippen LogP contribution is 2.29. The Morgan fingerprint density at radius 2 is 1.70 bits per heavy atom. The zero-order chi connectivity index (χ0) is 14.3. The lowest BCUT2D eigenvalue weighted by molar-refractivity contribution is -0.110. The summed E-state index contributed by atoms with van der Waals surface area (Å²) in [5.74, 6) is -0.131. The van der Waals surface area contributed by atoms with Crippen LogP contribution in [0.15, 0.2) is 41.4 Å². The van der Waals surface area contributed by atoms with E-state index < -0.39 is 0 Å². The number of carbonyl (C=O) groups excluding carboxylic acids is 1. The van der Waals surface area contributed by atoms with Gasteiger partial charge < -0.3 is 5.32 Å². The van der Waals surface area contributed by atoms with Crippen LogP contribution in [0, 0.1) is 20.8 Å². The molecule has 3 rings (SSSR count). The van der Waals surface area contributed by atoms with Crippen molar-refractivity contribution in [2.24, 2.45) is 4.99 Å². The van der Waals surface area contributed by atoms with Gasteiger partial charge in [-0.2, -0.15) is 0 Å². The number of benzene rings is 2. The molecule has 2 aromatic rings. The lowest BCUT2D eigenvalue weighted by atomic mass is 10.1. The van der Waals surface area contributed by atoms with Gasteiger partial charge in [0, 0.05) is 5.56 Å². The Morgan fingerprint density at radius 3 is 2.40 bits per heavy atom. The fraction of sp³-hybridized carbons (Fsp3) is 0.176. The van der Waals surface area contributed by atoms with Gasteiger partial charge in [0.2, 0.25) is 0 Å². The maximum absolute atomic E-state index is 12.1. The highest BCUT2D eigenvalue weighted by molar-refractivity contribution is 6.54. The highest BCUT2D eigenvalue weighted by atomic mass is 16.2. The number of carbonyl (C=O) groups is 1. The van der Waals surface area contributed by atoms with Gasteiger partial charge in [0.15, 0.2) is 0 Å². The van der Waals surface area contributed by atoms with Crippen molar-refractivity contribution in [3.8, 4) is 0 Å². The van der Waals surface area contributed by atoms with Gasteiger partial charge in [0.1, 0.15) is 5.71 Å². The molecule has 0 atom stereocenters. The highest BCUT2D eigenvalue weighted by Gasteiger charge is 2.26. The van der Waals surface area contributed by atoms with Crippen molar-refractivity contribution in [3.63, 3.8) is 0 Å². The van der Waals surface area contributed by atoms with Gasteiger partial charge in [-0.25, -0.2) is 4.99 Å². The average molecular weight is 264 g/mol. The smallest absolute Gasteiger partial charge is 0.275 e. The number of hydrogen-bond donors (Lipinski definition) is 1. The Hall–Kier alpha value is -2.42. The molecule has 0 aliphatic carbocycles. The first-order valence-corrected chi connectivity index (χ1v) is 6.63. The summed E-state index contributed by atoms with van der Waals surface area (Å²) in [6.45, 7) is 6.05. The quantitative estimate of drug-likeness (QED) is 0.838. The predicted molar refractivity (Wildman–Crippen MR) is 81.9 cm³/mol. The number of amides is 1. The summed E-state index contributed by atoms with van der Waals surface area (Å²) in [7, 11) is 0. The zero-order valence-corrected chi connectivity index (χ0v) is 11.8. The van der Waals surface area contributed by atoms with Crippen LogP contribution < -0.4 is 5.32 Å². The van der Waals surface area contributed by atoms with E-state index in [0.29, 0.717) is 5.71 Å². The summed E-state index contributed by atoms with van der Waals surface area (Å²) in [5, 5.41) is 2.90. The number of fused-ring (bicyclic) bond motifs is 1. The van der Waals surface area contributed by atoms with E-state index in [4.69, 9.17) is 0 Å². The molecule has 1 N–H and O–H groups in total. The third-order valence-electron chi connectivity index (χ3n) is 3.43. The average Bonchev–Trinajstić information content (AvgIpc) is 2.67. The predicted octanol–water partition coefficient (Wildman–Crippen LogP) is 3.68. The molecule has 2 aromatic carbocycles. The largest absolute Gasteiger partial charge is 0.320 e. The Balaban J connectivity index is 2.13. The third kappa shape index (κ3) is 2.11. The molecule has 1 aliphatic rings. The van der Waals surface area contributed by atoms with Crippen LogP contribution in [0.1, 0.15) is 22.3 Å². The van der Waals surface area contributed by atoms with E-state index in [2.05, 4.69) is 16.4 Å². The zero-order valence-electron chi connectivity index (χ0n) is 11.8. The number of nitrogens with zero attached hydrogens (tertiary/aromatic N) is 1. The number of hydrogen-bond acceptors (Lipinski definition) is 2. The van der Waals surface area contributed by atoms with E-state index in [9.17, 15) is 4.79 Å². The van der Waals surface area contributed by atoms with Crippen molar-refractivity contribution in [1.29, 1.82) is 0 Å². The van der Waals surface area contributed by atoms with Crippen LogP contribution in [-0.4, -0.2) is 11.6 Å². The molecule has 20 heavy (non-hydrogen) atoms.